The van der Waals surface area contributed by atoms with E-state index in [1.807, 2.05) is 30.5 Å². The number of hydrogen-bond acceptors (Lipinski definition) is 4. The maximum absolute atomic E-state index is 13.4. The Morgan fingerprint density at radius 3 is 2.95 bits per heavy atom. The van der Waals surface area contributed by atoms with Crippen molar-refractivity contribution in [2.75, 3.05) is 6.26 Å². The molecule has 1 fully saturated rings. The molecule has 1 aromatic carbocycles. The van der Waals surface area contributed by atoms with Crippen molar-refractivity contribution in [1.82, 2.24) is 10.3 Å². The molecule has 1 saturated carbocycles. The van der Waals surface area contributed by atoms with E-state index in [2.05, 4.69) is 10.3 Å². The summed E-state index contributed by atoms with van der Waals surface area (Å²) in [5.41, 5.74) is 0.748. The molecule has 1 aromatic heterocycles. The summed E-state index contributed by atoms with van der Waals surface area (Å²) in [5.74, 6) is 0.871. The highest BCUT2D eigenvalue weighted by molar-refractivity contribution is 7.98. The minimum atomic E-state index is -0.340. The second-order valence-corrected chi connectivity index (χ2v) is 5.87. The van der Waals surface area contributed by atoms with E-state index in [1.165, 1.54) is 25.1 Å². The van der Waals surface area contributed by atoms with E-state index in [4.69, 9.17) is 4.74 Å². The topological polar surface area (TPSA) is 34.1 Å². The summed E-state index contributed by atoms with van der Waals surface area (Å²) in [6.07, 6.45) is 5.57. The Bertz CT molecular complexity index is 631. The third-order valence-corrected chi connectivity index (χ3v) is 4.10. The molecule has 0 unspecified atom stereocenters. The van der Waals surface area contributed by atoms with Crippen LogP contribution in [-0.4, -0.2) is 17.3 Å². The summed E-state index contributed by atoms with van der Waals surface area (Å²) in [5, 5.41) is 3.36. The number of halogens is 1. The van der Waals surface area contributed by atoms with Crippen LogP contribution in [0.2, 0.25) is 0 Å². The van der Waals surface area contributed by atoms with E-state index in [-0.39, 0.29) is 5.82 Å². The Labute approximate surface area is 127 Å². The van der Waals surface area contributed by atoms with Crippen molar-refractivity contribution in [3.05, 3.63) is 47.9 Å². The lowest BCUT2D eigenvalue weighted by molar-refractivity contribution is 0.439. The largest absolute Gasteiger partial charge is 0.438 e. The number of ether oxygens (including phenoxy) is 1. The van der Waals surface area contributed by atoms with Crippen LogP contribution in [0.5, 0.6) is 11.6 Å². The third-order valence-electron chi connectivity index (χ3n) is 3.33. The molecule has 1 heterocycles. The minimum absolute atomic E-state index is 0.340. The summed E-state index contributed by atoms with van der Waals surface area (Å²) in [6.45, 7) is 0.576. The van der Waals surface area contributed by atoms with Crippen LogP contribution < -0.4 is 10.1 Å². The fraction of sp³-hybridized carbons (Fsp3) is 0.312. The summed E-state index contributed by atoms with van der Waals surface area (Å²) >= 11 is 1.61. The highest BCUT2D eigenvalue weighted by Gasteiger charge is 2.21. The first-order valence-corrected chi connectivity index (χ1v) is 8.17. The van der Waals surface area contributed by atoms with Crippen molar-refractivity contribution in [1.29, 1.82) is 0 Å². The molecular formula is C16H17FN2OS. The average molecular weight is 304 g/mol. The molecule has 1 aliphatic carbocycles. The van der Waals surface area contributed by atoms with Crippen LogP contribution in [0.25, 0.3) is 0 Å². The lowest BCUT2D eigenvalue weighted by atomic mass is 10.2. The van der Waals surface area contributed by atoms with Crippen LogP contribution in [-0.2, 0) is 6.54 Å². The zero-order valence-electron chi connectivity index (χ0n) is 11.8. The Morgan fingerprint density at radius 1 is 1.38 bits per heavy atom. The average Bonchev–Trinajstić information content (AvgIpc) is 3.32. The first-order chi connectivity index (χ1) is 10.3. The van der Waals surface area contributed by atoms with Gasteiger partial charge in [-0.15, -0.1) is 11.8 Å². The van der Waals surface area contributed by atoms with Gasteiger partial charge >= 0.3 is 0 Å². The molecule has 0 amide bonds. The molecule has 2 aromatic rings. The van der Waals surface area contributed by atoms with Crippen molar-refractivity contribution in [3.8, 4) is 11.6 Å². The highest BCUT2D eigenvalue weighted by Crippen LogP contribution is 2.32. The van der Waals surface area contributed by atoms with Crippen LogP contribution in [0.1, 0.15) is 18.4 Å². The van der Waals surface area contributed by atoms with E-state index in [0.29, 0.717) is 18.5 Å². The van der Waals surface area contributed by atoms with Gasteiger partial charge in [0.15, 0.2) is 0 Å². The highest BCUT2D eigenvalue weighted by atomic mass is 32.2. The molecule has 1 N–H and O–H groups in total. The van der Waals surface area contributed by atoms with Gasteiger partial charge in [0.1, 0.15) is 11.6 Å². The predicted octanol–water partition coefficient (Wildman–Crippen LogP) is 3.99. The van der Waals surface area contributed by atoms with Crippen LogP contribution in [0.3, 0.4) is 0 Å². The van der Waals surface area contributed by atoms with Gasteiger partial charge in [0, 0.05) is 23.0 Å². The Kier molecular flexibility index (Phi) is 4.41. The summed E-state index contributed by atoms with van der Waals surface area (Å²) in [4.78, 5) is 5.13. The molecule has 21 heavy (non-hydrogen) atoms. The van der Waals surface area contributed by atoms with Gasteiger partial charge in [-0.05, 0) is 37.3 Å². The molecule has 110 valence electrons. The monoisotopic (exact) mass is 304 g/mol. The maximum Gasteiger partial charge on any atom is 0.223 e. The molecule has 0 radical (unpaired) electrons. The molecule has 0 atom stereocenters. The van der Waals surface area contributed by atoms with Crippen molar-refractivity contribution >= 4 is 11.8 Å². The van der Waals surface area contributed by atoms with Gasteiger partial charge in [0.2, 0.25) is 5.88 Å². The molecule has 0 saturated heterocycles. The molecule has 0 bridgehead atoms. The van der Waals surface area contributed by atoms with Gasteiger partial charge in [-0.3, -0.25) is 0 Å². The smallest absolute Gasteiger partial charge is 0.223 e. The standard InChI is InChI=1S/C16H17FN2OS/c1-21-15-5-3-2-4-14(15)20-16-11(8-12(17)10-19-16)9-18-13-6-7-13/h2-5,8,10,13,18H,6-7,9H2,1H3. The normalized spacial score (nSPS) is 14.2. The Balaban J connectivity index is 1.82. The second kappa shape index (κ2) is 6.45. The zero-order valence-corrected chi connectivity index (χ0v) is 12.6. The molecule has 5 heteroatoms. The van der Waals surface area contributed by atoms with Crippen LogP contribution in [0, 0.1) is 5.82 Å². The van der Waals surface area contributed by atoms with E-state index >= 15 is 0 Å². The number of nitrogens with zero attached hydrogens (tertiary/aromatic N) is 1. The molecule has 1 aliphatic rings. The van der Waals surface area contributed by atoms with Crippen molar-refractivity contribution in [2.24, 2.45) is 0 Å². The minimum Gasteiger partial charge on any atom is -0.438 e. The lowest BCUT2D eigenvalue weighted by Crippen LogP contribution is -2.16. The number of pyridine rings is 1. The third kappa shape index (κ3) is 3.74. The number of aromatic nitrogens is 1. The SMILES string of the molecule is CSc1ccccc1Oc1ncc(F)cc1CNC1CC1. The van der Waals surface area contributed by atoms with E-state index in [0.717, 1.165) is 16.2 Å². The van der Waals surface area contributed by atoms with Gasteiger partial charge in [0.25, 0.3) is 0 Å². The number of hydrogen-bond donors (Lipinski definition) is 1. The van der Waals surface area contributed by atoms with Crippen molar-refractivity contribution in [2.45, 2.75) is 30.3 Å². The van der Waals surface area contributed by atoms with Gasteiger partial charge in [0.05, 0.1) is 6.20 Å². The lowest BCUT2D eigenvalue weighted by Gasteiger charge is -2.12. The predicted molar refractivity (Wildman–Crippen MR) is 82.4 cm³/mol. The van der Waals surface area contributed by atoms with Gasteiger partial charge in [-0.1, -0.05) is 12.1 Å². The Morgan fingerprint density at radius 2 is 2.19 bits per heavy atom. The van der Waals surface area contributed by atoms with Crippen molar-refractivity contribution in [3.63, 3.8) is 0 Å². The summed E-state index contributed by atoms with van der Waals surface area (Å²) in [7, 11) is 0. The van der Waals surface area contributed by atoms with Crippen LogP contribution >= 0.6 is 11.8 Å². The molecule has 0 spiro atoms. The van der Waals surface area contributed by atoms with Gasteiger partial charge in [-0.25, -0.2) is 9.37 Å². The fourth-order valence-electron chi connectivity index (χ4n) is 2.04. The molecular weight excluding hydrogens is 287 g/mol. The summed E-state index contributed by atoms with van der Waals surface area (Å²) in [6, 6.07) is 9.81. The number of nitrogens with one attached hydrogen (secondary N) is 1. The van der Waals surface area contributed by atoms with Crippen LogP contribution in [0.4, 0.5) is 4.39 Å². The number of para-hydroxylation sites is 1. The van der Waals surface area contributed by atoms with Gasteiger partial charge < -0.3 is 10.1 Å². The second-order valence-electron chi connectivity index (χ2n) is 5.03. The summed E-state index contributed by atoms with van der Waals surface area (Å²) < 4.78 is 19.3. The molecule has 3 nitrogen and oxygen atoms in total. The number of benzene rings is 1. The van der Waals surface area contributed by atoms with Crippen molar-refractivity contribution < 1.29 is 9.13 Å². The first kappa shape index (κ1) is 14.4. The van der Waals surface area contributed by atoms with Crippen LogP contribution in [0.15, 0.2) is 41.4 Å². The first-order valence-electron chi connectivity index (χ1n) is 6.95. The van der Waals surface area contributed by atoms with Gasteiger partial charge in [-0.2, -0.15) is 0 Å². The quantitative estimate of drug-likeness (QED) is 0.818. The maximum atomic E-state index is 13.4. The van der Waals surface area contributed by atoms with E-state index in [9.17, 15) is 4.39 Å². The Hall–Kier alpha value is -1.59. The zero-order chi connectivity index (χ0) is 14.7. The van der Waals surface area contributed by atoms with E-state index in [1.54, 1.807) is 11.8 Å². The number of thioether (sulfide) groups is 1. The molecule has 0 aliphatic heterocycles. The van der Waals surface area contributed by atoms with E-state index < -0.39 is 0 Å². The fourth-order valence-corrected chi connectivity index (χ4v) is 2.56. The number of rotatable bonds is 6. The molecule has 3 rings (SSSR count).